The molecule has 1 atom stereocenters. The summed E-state index contributed by atoms with van der Waals surface area (Å²) in [6.07, 6.45) is -0.0723. The first-order chi connectivity index (χ1) is 15.6. The number of likely N-dealkylation sites (tertiary alicyclic amines) is 1. The minimum absolute atomic E-state index is 0.00249. The molecule has 1 fully saturated rings. The lowest BCUT2D eigenvalue weighted by molar-refractivity contribution is -0.140. The Balaban J connectivity index is 2.20. The third kappa shape index (κ3) is 5.17. The van der Waals surface area contributed by atoms with Crippen molar-refractivity contribution in [1.82, 2.24) is 9.80 Å². The molecule has 0 aliphatic carbocycles. The van der Waals surface area contributed by atoms with Gasteiger partial charge in [0.2, 0.25) is 0 Å². The van der Waals surface area contributed by atoms with Crippen LogP contribution in [-0.2, 0) is 9.59 Å². The zero-order valence-corrected chi connectivity index (χ0v) is 19.5. The quantitative estimate of drug-likeness (QED) is 0.372. The summed E-state index contributed by atoms with van der Waals surface area (Å²) in [6, 6.07) is 9.82. The van der Waals surface area contributed by atoms with E-state index in [-0.39, 0.29) is 29.5 Å². The Kier molecular flexibility index (Phi) is 7.38. The van der Waals surface area contributed by atoms with Crippen molar-refractivity contribution in [2.75, 3.05) is 34.3 Å². The SMILES string of the molecule is COc1ccc(F)cc1/C(O)=C1\C(=O)C(=O)N(CCN(C)C)C1c1cccc(OC(C)C)c1. The van der Waals surface area contributed by atoms with Gasteiger partial charge in [-0.3, -0.25) is 9.59 Å². The number of methoxy groups -OCH3 is 1. The molecule has 1 saturated heterocycles. The van der Waals surface area contributed by atoms with Crippen molar-refractivity contribution in [1.29, 1.82) is 0 Å². The van der Waals surface area contributed by atoms with Crippen LogP contribution >= 0.6 is 0 Å². The average molecular weight is 457 g/mol. The fourth-order valence-corrected chi connectivity index (χ4v) is 3.81. The van der Waals surface area contributed by atoms with Crippen molar-refractivity contribution in [3.05, 3.63) is 65.0 Å². The first kappa shape index (κ1) is 24.3. The molecule has 33 heavy (non-hydrogen) atoms. The zero-order valence-electron chi connectivity index (χ0n) is 19.5. The van der Waals surface area contributed by atoms with Gasteiger partial charge in [-0.05, 0) is 63.8 Å². The fourth-order valence-electron chi connectivity index (χ4n) is 3.81. The van der Waals surface area contributed by atoms with Crippen LogP contribution in [0.2, 0.25) is 0 Å². The molecule has 2 aromatic rings. The predicted molar refractivity (Wildman–Crippen MR) is 123 cm³/mol. The van der Waals surface area contributed by atoms with Crippen LogP contribution < -0.4 is 9.47 Å². The molecule has 1 aliphatic rings. The first-order valence-corrected chi connectivity index (χ1v) is 10.7. The molecular formula is C25H29FN2O5. The van der Waals surface area contributed by atoms with E-state index < -0.39 is 29.3 Å². The largest absolute Gasteiger partial charge is 0.507 e. The van der Waals surface area contributed by atoms with Crippen LogP contribution in [0, 0.1) is 5.82 Å². The van der Waals surface area contributed by atoms with Gasteiger partial charge >= 0.3 is 0 Å². The maximum atomic E-state index is 14.0. The van der Waals surface area contributed by atoms with Gasteiger partial charge in [-0.25, -0.2) is 4.39 Å². The molecule has 1 heterocycles. The number of carbonyl (C=O) groups excluding carboxylic acids is 2. The third-order valence-corrected chi connectivity index (χ3v) is 5.29. The molecule has 8 heteroatoms. The van der Waals surface area contributed by atoms with Crippen LogP contribution in [0.4, 0.5) is 4.39 Å². The van der Waals surface area contributed by atoms with Gasteiger partial charge in [-0.15, -0.1) is 0 Å². The highest BCUT2D eigenvalue weighted by Crippen LogP contribution is 2.41. The van der Waals surface area contributed by atoms with Gasteiger partial charge in [0.25, 0.3) is 11.7 Å². The van der Waals surface area contributed by atoms with Gasteiger partial charge in [0.15, 0.2) is 0 Å². The molecule has 1 unspecified atom stereocenters. The lowest BCUT2D eigenvalue weighted by Crippen LogP contribution is -2.35. The van der Waals surface area contributed by atoms with Gasteiger partial charge in [0, 0.05) is 13.1 Å². The molecule has 0 saturated carbocycles. The number of hydrogen-bond donors (Lipinski definition) is 1. The third-order valence-electron chi connectivity index (χ3n) is 5.29. The summed E-state index contributed by atoms with van der Waals surface area (Å²) < 4.78 is 25.1. The van der Waals surface area contributed by atoms with Crippen LogP contribution in [0.5, 0.6) is 11.5 Å². The number of ether oxygens (including phenoxy) is 2. The molecule has 3 rings (SSSR count). The molecule has 1 amide bonds. The Morgan fingerprint density at radius 3 is 2.55 bits per heavy atom. The highest BCUT2D eigenvalue weighted by molar-refractivity contribution is 6.46. The standard InChI is InChI=1S/C25H29FN2O5/c1-15(2)33-18-8-6-7-16(13-18)22-21(24(30)25(31)28(22)12-11-27(3)4)23(29)19-14-17(26)9-10-20(19)32-5/h6-10,13-15,22,29H,11-12H2,1-5H3/b23-21+. The van der Waals surface area contributed by atoms with Gasteiger partial charge in [0.05, 0.1) is 30.4 Å². The predicted octanol–water partition coefficient (Wildman–Crippen LogP) is 3.60. The number of aliphatic hydroxyl groups is 1. The number of nitrogens with zero attached hydrogens (tertiary/aromatic N) is 2. The smallest absolute Gasteiger partial charge is 0.295 e. The number of rotatable bonds is 8. The lowest BCUT2D eigenvalue weighted by Gasteiger charge is -2.27. The van der Waals surface area contributed by atoms with Crippen LogP contribution in [0.1, 0.15) is 31.0 Å². The number of Topliss-reactive ketones (excluding diaryl/α,β-unsaturated/α-hetero) is 1. The number of likely N-dealkylation sites (N-methyl/N-ethyl adjacent to an activating group) is 1. The topological polar surface area (TPSA) is 79.3 Å². The molecule has 1 N–H and O–H groups in total. The maximum absolute atomic E-state index is 14.0. The Labute approximate surface area is 193 Å². The highest BCUT2D eigenvalue weighted by atomic mass is 19.1. The van der Waals surface area contributed by atoms with Crippen molar-refractivity contribution in [2.24, 2.45) is 0 Å². The monoisotopic (exact) mass is 456 g/mol. The van der Waals surface area contributed by atoms with Crippen molar-refractivity contribution in [2.45, 2.75) is 26.0 Å². The molecule has 2 aromatic carbocycles. The number of benzene rings is 2. The van der Waals surface area contributed by atoms with Gasteiger partial charge < -0.3 is 24.4 Å². The van der Waals surface area contributed by atoms with E-state index in [0.717, 1.165) is 6.07 Å². The van der Waals surface area contributed by atoms with E-state index in [0.29, 0.717) is 17.9 Å². The Bertz CT molecular complexity index is 1080. The van der Waals surface area contributed by atoms with Gasteiger partial charge in [-0.2, -0.15) is 0 Å². The number of aliphatic hydroxyl groups excluding tert-OH is 1. The molecule has 176 valence electrons. The summed E-state index contributed by atoms with van der Waals surface area (Å²) in [5, 5.41) is 11.2. The second-order valence-electron chi connectivity index (χ2n) is 8.38. The van der Waals surface area contributed by atoms with E-state index in [1.807, 2.05) is 32.8 Å². The van der Waals surface area contributed by atoms with Crippen LogP contribution in [-0.4, -0.2) is 67.0 Å². The Morgan fingerprint density at radius 2 is 1.91 bits per heavy atom. The molecule has 0 radical (unpaired) electrons. The molecule has 0 aromatic heterocycles. The molecular weight excluding hydrogens is 427 g/mol. The lowest BCUT2D eigenvalue weighted by atomic mass is 9.94. The van der Waals surface area contributed by atoms with Crippen molar-refractivity contribution >= 4 is 17.4 Å². The number of ketones is 1. The van der Waals surface area contributed by atoms with Gasteiger partial charge in [-0.1, -0.05) is 12.1 Å². The first-order valence-electron chi connectivity index (χ1n) is 10.7. The zero-order chi connectivity index (χ0) is 24.3. The number of hydrogen-bond acceptors (Lipinski definition) is 6. The second-order valence-corrected chi connectivity index (χ2v) is 8.38. The van der Waals surface area contributed by atoms with E-state index in [4.69, 9.17) is 9.47 Å². The Morgan fingerprint density at radius 1 is 1.18 bits per heavy atom. The summed E-state index contributed by atoms with van der Waals surface area (Å²) in [4.78, 5) is 29.4. The average Bonchev–Trinajstić information content (AvgIpc) is 3.01. The minimum atomic E-state index is -0.867. The summed E-state index contributed by atoms with van der Waals surface area (Å²) in [5.74, 6) is -1.90. The summed E-state index contributed by atoms with van der Waals surface area (Å²) in [6.45, 7) is 4.56. The summed E-state index contributed by atoms with van der Waals surface area (Å²) >= 11 is 0. The fraction of sp³-hybridized carbons (Fsp3) is 0.360. The van der Waals surface area contributed by atoms with Crippen LogP contribution in [0.3, 0.4) is 0 Å². The highest BCUT2D eigenvalue weighted by Gasteiger charge is 2.46. The molecule has 0 spiro atoms. The summed E-state index contributed by atoms with van der Waals surface area (Å²) in [7, 11) is 5.10. The number of halogens is 1. The van der Waals surface area contributed by atoms with Crippen molar-refractivity contribution < 1.29 is 28.6 Å². The maximum Gasteiger partial charge on any atom is 0.295 e. The summed E-state index contributed by atoms with van der Waals surface area (Å²) in [5.41, 5.74) is 0.482. The number of amides is 1. The minimum Gasteiger partial charge on any atom is -0.507 e. The van der Waals surface area contributed by atoms with Crippen LogP contribution in [0.15, 0.2) is 48.0 Å². The number of carbonyl (C=O) groups is 2. The van der Waals surface area contributed by atoms with E-state index >= 15 is 0 Å². The van der Waals surface area contributed by atoms with E-state index in [1.165, 1.54) is 24.1 Å². The molecule has 0 bridgehead atoms. The normalized spacial score (nSPS) is 17.8. The van der Waals surface area contributed by atoms with E-state index in [1.54, 1.807) is 24.3 Å². The Hall–Kier alpha value is -3.39. The molecule has 7 nitrogen and oxygen atoms in total. The van der Waals surface area contributed by atoms with E-state index in [2.05, 4.69) is 0 Å². The van der Waals surface area contributed by atoms with Crippen molar-refractivity contribution in [3.8, 4) is 11.5 Å². The van der Waals surface area contributed by atoms with Crippen LogP contribution in [0.25, 0.3) is 5.76 Å². The van der Waals surface area contributed by atoms with Gasteiger partial charge in [0.1, 0.15) is 23.1 Å². The molecule has 1 aliphatic heterocycles. The van der Waals surface area contributed by atoms with Crippen molar-refractivity contribution in [3.63, 3.8) is 0 Å². The second kappa shape index (κ2) is 10.0. The van der Waals surface area contributed by atoms with E-state index in [9.17, 15) is 19.1 Å².